The molecular weight excluding hydrogens is 470 g/mol. The lowest BCUT2D eigenvalue weighted by Crippen LogP contribution is -2.44. The molecule has 1 aromatic heterocycles. The first-order valence-corrected chi connectivity index (χ1v) is 13.3. The SMILES string of the molecule is COc1cc(Nc2ncc(C[C@@H]3CCNC3=O)c(N(C=O)C3CCCC3)n2)ccc1N1CCN(C)CC1. The molecule has 3 aliphatic rings. The number of rotatable bonds is 9. The molecule has 1 saturated carbocycles. The van der Waals surface area contributed by atoms with E-state index in [-0.39, 0.29) is 17.9 Å². The minimum absolute atomic E-state index is 0.0548. The third-order valence-electron chi connectivity index (χ3n) is 7.83. The van der Waals surface area contributed by atoms with Crippen molar-refractivity contribution in [3.05, 3.63) is 30.0 Å². The number of anilines is 4. The normalized spacial score (nSPS) is 20.6. The molecule has 3 fully saturated rings. The van der Waals surface area contributed by atoms with Crippen LogP contribution in [0.15, 0.2) is 24.4 Å². The fraction of sp³-hybridized carbons (Fsp3) is 0.556. The summed E-state index contributed by atoms with van der Waals surface area (Å²) in [5.74, 6) is 1.73. The maximum Gasteiger partial charge on any atom is 0.229 e. The third-order valence-corrected chi connectivity index (χ3v) is 7.83. The molecule has 37 heavy (non-hydrogen) atoms. The van der Waals surface area contributed by atoms with E-state index in [1.54, 1.807) is 18.2 Å². The molecule has 5 rings (SSSR count). The molecule has 2 saturated heterocycles. The summed E-state index contributed by atoms with van der Waals surface area (Å²) in [6.07, 6.45) is 8.07. The maximum atomic E-state index is 12.2. The van der Waals surface area contributed by atoms with E-state index in [4.69, 9.17) is 9.72 Å². The van der Waals surface area contributed by atoms with Crippen LogP contribution < -0.4 is 25.2 Å². The largest absolute Gasteiger partial charge is 0.495 e. The van der Waals surface area contributed by atoms with E-state index in [1.807, 2.05) is 12.1 Å². The second-order valence-corrected chi connectivity index (χ2v) is 10.3. The average molecular weight is 508 g/mol. The van der Waals surface area contributed by atoms with Crippen molar-refractivity contribution in [3.63, 3.8) is 0 Å². The van der Waals surface area contributed by atoms with Crippen molar-refractivity contribution in [2.75, 3.05) is 62.0 Å². The van der Waals surface area contributed by atoms with Gasteiger partial charge in [-0.2, -0.15) is 4.98 Å². The predicted octanol–water partition coefficient (Wildman–Crippen LogP) is 2.56. The zero-order chi connectivity index (χ0) is 25.8. The van der Waals surface area contributed by atoms with Crippen molar-refractivity contribution >= 4 is 35.5 Å². The molecule has 0 unspecified atom stereocenters. The lowest BCUT2D eigenvalue weighted by molar-refractivity contribution is -0.122. The Morgan fingerprint density at radius 2 is 1.97 bits per heavy atom. The number of methoxy groups -OCH3 is 1. The van der Waals surface area contributed by atoms with Crippen molar-refractivity contribution in [1.82, 2.24) is 20.2 Å². The first kappa shape index (κ1) is 25.3. The van der Waals surface area contributed by atoms with Crippen LogP contribution in [0.3, 0.4) is 0 Å². The zero-order valence-corrected chi connectivity index (χ0v) is 21.8. The minimum atomic E-state index is -0.121. The summed E-state index contributed by atoms with van der Waals surface area (Å²) in [5, 5.41) is 6.20. The predicted molar refractivity (Wildman–Crippen MR) is 144 cm³/mol. The molecule has 0 radical (unpaired) electrons. The monoisotopic (exact) mass is 507 g/mol. The number of carbonyl (C=O) groups is 2. The number of benzene rings is 1. The van der Waals surface area contributed by atoms with Gasteiger partial charge in [-0.25, -0.2) is 4.98 Å². The van der Waals surface area contributed by atoms with E-state index in [0.717, 1.165) is 87.4 Å². The Balaban J connectivity index is 1.40. The summed E-state index contributed by atoms with van der Waals surface area (Å²) < 4.78 is 5.73. The molecule has 10 heteroatoms. The van der Waals surface area contributed by atoms with Gasteiger partial charge in [0.15, 0.2) is 0 Å². The highest BCUT2D eigenvalue weighted by Crippen LogP contribution is 2.34. The van der Waals surface area contributed by atoms with Crippen molar-refractivity contribution < 1.29 is 14.3 Å². The van der Waals surface area contributed by atoms with Gasteiger partial charge in [-0.15, -0.1) is 0 Å². The molecule has 2 N–H and O–H groups in total. The topological polar surface area (TPSA) is 103 Å². The molecule has 2 aliphatic heterocycles. The molecule has 198 valence electrons. The first-order valence-electron chi connectivity index (χ1n) is 13.3. The van der Waals surface area contributed by atoms with Crippen LogP contribution in [0.4, 0.5) is 23.1 Å². The summed E-state index contributed by atoms with van der Waals surface area (Å²) >= 11 is 0. The van der Waals surface area contributed by atoms with Crippen LogP contribution in [0, 0.1) is 5.92 Å². The molecule has 10 nitrogen and oxygen atoms in total. The maximum absolute atomic E-state index is 12.2. The van der Waals surface area contributed by atoms with E-state index in [9.17, 15) is 9.59 Å². The number of hydrogen-bond donors (Lipinski definition) is 2. The molecule has 0 spiro atoms. The average Bonchev–Trinajstić information content (AvgIpc) is 3.59. The van der Waals surface area contributed by atoms with Crippen LogP contribution in [-0.4, -0.2) is 80.1 Å². The summed E-state index contributed by atoms with van der Waals surface area (Å²) in [4.78, 5) is 40.3. The summed E-state index contributed by atoms with van der Waals surface area (Å²) in [5.41, 5.74) is 2.71. The summed E-state index contributed by atoms with van der Waals surface area (Å²) in [7, 11) is 3.83. The summed E-state index contributed by atoms with van der Waals surface area (Å²) in [6.45, 7) is 4.63. The van der Waals surface area contributed by atoms with Gasteiger partial charge in [0.1, 0.15) is 11.6 Å². The molecule has 1 atom stereocenters. The van der Waals surface area contributed by atoms with Gasteiger partial charge < -0.3 is 25.2 Å². The Morgan fingerprint density at radius 3 is 2.65 bits per heavy atom. The molecule has 2 amide bonds. The Bertz CT molecular complexity index is 1110. The zero-order valence-electron chi connectivity index (χ0n) is 21.8. The van der Waals surface area contributed by atoms with Crippen molar-refractivity contribution in [1.29, 1.82) is 0 Å². The van der Waals surface area contributed by atoms with E-state index in [2.05, 4.69) is 38.5 Å². The fourth-order valence-electron chi connectivity index (χ4n) is 5.62. The van der Waals surface area contributed by atoms with Gasteiger partial charge in [-0.3, -0.25) is 14.5 Å². The molecule has 0 bridgehead atoms. The number of hydrogen-bond acceptors (Lipinski definition) is 8. The highest BCUT2D eigenvalue weighted by Gasteiger charge is 2.30. The molecule has 1 aliphatic carbocycles. The summed E-state index contributed by atoms with van der Waals surface area (Å²) in [6, 6.07) is 6.16. The molecule has 2 aromatic rings. The van der Waals surface area contributed by atoms with E-state index >= 15 is 0 Å². The number of aromatic nitrogens is 2. The van der Waals surface area contributed by atoms with Crippen LogP contribution in [0.25, 0.3) is 0 Å². The highest BCUT2D eigenvalue weighted by molar-refractivity contribution is 5.82. The van der Waals surface area contributed by atoms with Gasteiger partial charge in [0.25, 0.3) is 0 Å². The Kier molecular flexibility index (Phi) is 7.73. The number of piperazine rings is 1. The van der Waals surface area contributed by atoms with E-state index < -0.39 is 0 Å². The van der Waals surface area contributed by atoms with Gasteiger partial charge in [-0.1, -0.05) is 12.8 Å². The number of ether oxygens (including phenoxy) is 1. The van der Waals surface area contributed by atoms with Crippen molar-refractivity contribution in [3.8, 4) is 5.75 Å². The van der Waals surface area contributed by atoms with Gasteiger partial charge in [0.05, 0.1) is 12.8 Å². The highest BCUT2D eigenvalue weighted by atomic mass is 16.5. The molecular formula is C27H37N7O3. The number of nitrogens with one attached hydrogen (secondary N) is 2. The van der Waals surface area contributed by atoms with Crippen LogP contribution in [0.2, 0.25) is 0 Å². The van der Waals surface area contributed by atoms with Gasteiger partial charge in [0.2, 0.25) is 18.3 Å². The van der Waals surface area contributed by atoms with Gasteiger partial charge >= 0.3 is 0 Å². The van der Waals surface area contributed by atoms with Crippen LogP contribution in [0.1, 0.15) is 37.7 Å². The second kappa shape index (κ2) is 11.3. The van der Waals surface area contributed by atoms with Gasteiger partial charge in [0, 0.05) is 68.2 Å². The number of amides is 2. The first-order chi connectivity index (χ1) is 18.1. The lowest BCUT2D eigenvalue weighted by atomic mass is 9.99. The standard InChI is InChI=1S/C27H37N7O3/c1-32-11-13-33(14-12-32)23-8-7-21(16-24(23)37-2)30-27-29-17-20(15-19-9-10-28-26(19)36)25(31-27)34(18-35)22-5-3-4-6-22/h7-8,16-19,22H,3-6,9-15H2,1-2H3,(H,28,36)(H,29,30,31)/t19-/m0/s1. The van der Waals surface area contributed by atoms with Crippen LogP contribution in [0.5, 0.6) is 5.75 Å². The van der Waals surface area contributed by atoms with Crippen molar-refractivity contribution in [2.24, 2.45) is 5.92 Å². The second-order valence-electron chi connectivity index (χ2n) is 10.3. The quantitative estimate of drug-likeness (QED) is 0.500. The smallest absolute Gasteiger partial charge is 0.229 e. The Labute approximate surface area is 218 Å². The van der Waals surface area contributed by atoms with Crippen LogP contribution >= 0.6 is 0 Å². The minimum Gasteiger partial charge on any atom is -0.495 e. The lowest BCUT2D eigenvalue weighted by Gasteiger charge is -2.34. The van der Waals surface area contributed by atoms with Crippen molar-refractivity contribution in [2.45, 2.75) is 44.6 Å². The third kappa shape index (κ3) is 5.64. The number of nitrogens with zero attached hydrogens (tertiary/aromatic N) is 5. The Hall–Kier alpha value is -3.40. The molecule has 1 aromatic carbocycles. The molecule has 3 heterocycles. The number of carbonyl (C=O) groups excluding carboxylic acids is 2. The van der Waals surface area contributed by atoms with Gasteiger partial charge in [-0.05, 0) is 44.9 Å². The van der Waals surface area contributed by atoms with E-state index in [0.29, 0.717) is 24.7 Å². The fourth-order valence-corrected chi connectivity index (χ4v) is 5.62. The van der Waals surface area contributed by atoms with Crippen LogP contribution in [-0.2, 0) is 16.0 Å². The van der Waals surface area contributed by atoms with E-state index in [1.165, 1.54) is 0 Å². The Morgan fingerprint density at radius 1 is 1.19 bits per heavy atom. The number of likely N-dealkylation sites (N-methyl/N-ethyl adjacent to an activating group) is 1.